The molecule has 0 atom stereocenters. The standard InChI is InChI=1S/C30H35FN4O5/c1-40-18-17-33(30(37)24-7-5-10-27(19-24)35(38)39)22-29(36)34(26-8-3-2-4-9-26)21-28-11-6-16-32(28)20-23-12-14-25(31)15-13-23/h5-7,10-16,19,26H,2-4,8-9,17-18,20-22H2,1H3. The monoisotopic (exact) mass is 550 g/mol. The molecule has 9 nitrogen and oxygen atoms in total. The third-order valence-corrected chi connectivity index (χ3v) is 7.34. The van der Waals surface area contributed by atoms with Crippen molar-refractivity contribution >= 4 is 17.5 Å². The quantitative estimate of drug-likeness (QED) is 0.233. The van der Waals surface area contributed by atoms with Crippen LogP contribution >= 0.6 is 0 Å². The van der Waals surface area contributed by atoms with E-state index in [1.165, 1.54) is 48.4 Å². The van der Waals surface area contributed by atoms with Crippen LogP contribution in [-0.4, -0.2) is 64.0 Å². The molecule has 1 fully saturated rings. The lowest BCUT2D eigenvalue weighted by Crippen LogP contribution is -2.48. The second-order valence-corrected chi connectivity index (χ2v) is 10.1. The number of methoxy groups -OCH3 is 1. The maximum atomic E-state index is 13.9. The Morgan fingerprint density at radius 3 is 2.52 bits per heavy atom. The number of hydrogen-bond donors (Lipinski definition) is 0. The van der Waals surface area contributed by atoms with Crippen LogP contribution in [0.5, 0.6) is 0 Å². The zero-order valence-electron chi connectivity index (χ0n) is 22.7. The topological polar surface area (TPSA) is 97.9 Å². The minimum Gasteiger partial charge on any atom is -0.383 e. The van der Waals surface area contributed by atoms with Gasteiger partial charge in [-0.3, -0.25) is 19.7 Å². The third kappa shape index (κ3) is 7.53. The summed E-state index contributed by atoms with van der Waals surface area (Å²) in [4.78, 5) is 41.3. The van der Waals surface area contributed by atoms with Crippen molar-refractivity contribution in [3.8, 4) is 0 Å². The van der Waals surface area contributed by atoms with Crippen molar-refractivity contribution in [2.75, 3.05) is 26.8 Å². The fourth-order valence-electron chi connectivity index (χ4n) is 5.16. The minimum absolute atomic E-state index is 0.0487. The molecule has 0 radical (unpaired) electrons. The van der Waals surface area contributed by atoms with Gasteiger partial charge in [-0.25, -0.2) is 4.39 Å². The second-order valence-electron chi connectivity index (χ2n) is 10.1. The molecule has 0 saturated heterocycles. The molecule has 1 saturated carbocycles. The molecular formula is C30H35FN4O5. The van der Waals surface area contributed by atoms with E-state index < -0.39 is 10.8 Å². The average molecular weight is 551 g/mol. The number of nitro benzene ring substituents is 1. The highest BCUT2D eigenvalue weighted by atomic mass is 19.1. The number of hydrogen-bond acceptors (Lipinski definition) is 5. The van der Waals surface area contributed by atoms with E-state index in [9.17, 15) is 24.1 Å². The summed E-state index contributed by atoms with van der Waals surface area (Å²) in [5.41, 5.74) is 1.85. The Kier molecular flexibility index (Phi) is 10.0. The van der Waals surface area contributed by atoms with Gasteiger partial charge in [-0.1, -0.05) is 37.5 Å². The molecule has 212 valence electrons. The van der Waals surface area contributed by atoms with Crippen LogP contribution < -0.4 is 0 Å². The van der Waals surface area contributed by atoms with Crippen molar-refractivity contribution in [3.63, 3.8) is 0 Å². The van der Waals surface area contributed by atoms with Gasteiger partial charge < -0.3 is 19.1 Å². The summed E-state index contributed by atoms with van der Waals surface area (Å²) in [6.07, 6.45) is 6.92. The first kappa shape index (κ1) is 28.9. The number of ether oxygens (including phenoxy) is 1. The SMILES string of the molecule is COCCN(CC(=O)N(Cc1cccn1Cc1ccc(F)cc1)C1CCCCC1)C(=O)c1cccc([N+](=O)[O-])c1. The number of carbonyl (C=O) groups excluding carboxylic acids is 2. The van der Waals surface area contributed by atoms with E-state index in [0.717, 1.165) is 43.4 Å². The molecule has 2 amide bonds. The van der Waals surface area contributed by atoms with Crippen LogP contribution in [0, 0.1) is 15.9 Å². The van der Waals surface area contributed by atoms with Gasteiger partial charge in [0.25, 0.3) is 11.6 Å². The smallest absolute Gasteiger partial charge is 0.270 e. The van der Waals surface area contributed by atoms with Gasteiger partial charge in [-0.2, -0.15) is 0 Å². The maximum Gasteiger partial charge on any atom is 0.270 e. The fourth-order valence-corrected chi connectivity index (χ4v) is 5.16. The Balaban J connectivity index is 1.55. The maximum absolute atomic E-state index is 13.9. The zero-order valence-corrected chi connectivity index (χ0v) is 22.7. The summed E-state index contributed by atoms with van der Waals surface area (Å²) in [5, 5.41) is 11.3. The van der Waals surface area contributed by atoms with Crippen LogP contribution in [0.2, 0.25) is 0 Å². The zero-order chi connectivity index (χ0) is 28.5. The summed E-state index contributed by atoms with van der Waals surface area (Å²) in [7, 11) is 1.52. The van der Waals surface area contributed by atoms with E-state index in [0.29, 0.717) is 13.1 Å². The molecule has 2 aromatic carbocycles. The second kappa shape index (κ2) is 13.8. The number of aromatic nitrogens is 1. The fraction of sp³-hybridized carbons (Fsp3) is 0.400. The van der Waals surface area contributed by atoms with Crippen LogP contribution in [0.25, 0.3) is 0 Å². The largest absolute Gasteiger partial charge is 0.383 e. The molecule has 0 unspecified atom stereocenters. The molecule has 0 aliphatic heterocycles. The number of benzene rings is 2. The van der Waals surface area contributed by atoms with Crippen molar-refractivity contribution in [2.45, 2.75) is 51.2 Å². The summed E-state index contributed by atoms with van der Waals surface area (Å²) in [6, 6.07) is 15.8. The lowest BCUT2D eigenvalue weighted by molar-refractivity contribution is -0.384. The molecule has 4 rings (SSSR count). The van der Waals surface area contributed by atoms with Gasteiger partial charge in [0.2, 0.25) is 5.91 Å². The van der Waals surface area contributed by atoms with Crippen molar-refractivity contribution in [3.05, 3.63) is 99.6 Å². The summed E-state index contributed by atoms with van der Waals surface area (Å²) in [5.74, 6) is -0.933. The molecule has 0 spiro atoms. The molecule has 1 aliphatic carbocycles. The number of carbonyl (C=O) groups is 2. The summed E-state index contributed by atoms with van der Waals surface area (Å²) < 4.78 is 20.6. The predicted molar refractivity (Wildman–Crippen MR) is 148 cm³/mol. The van der Waals surface area contributed by atoms with E-state index in [4.69, 9.17) is 4.74 Å². The molecule has 40 heavy (non-hydrogen) atoms. The third-order valence-electron chi connectivity index (χ3n) is 7.34. The van der Waals surface area contributed by atoms with Crippen LogP contribution in [0.1, 0.15) is 53.7 Å². The van der Waals surface area contributed by atoms with E-state index >= 15 is 0 Å². The molecule has 1 aliphatic rings. The molecule has 1 aromatic heterocycles. The van der Waals surface area contributed by atoms with E-state index in [-0.39, 0.29) is 48.7 Å². The van der Waals surface area contributed by atoms with E-state index in [1.54, 1.807) is 12.1 Å². The Hall–Kier alpha value is -4.05. The van der Waals surface area contributed by atoms with Gasteiger partial charge in [0.05, 0.1) is 18.1 Å². The van der Waals surface area contributed by atoms with Crippen molar-refractivity contribution in [1.82, 2.24) is 14.4 Å². The van der Waals surface area contributed by atoms with Gasteiger partial charge in [0.1, 0.15) is 12.4 Å². The number of nitro groups is 1. The van der Waals surface area contributed by atoms with Gasteiger partial charge in [0, 0.05) is 55.8 Å². The average Bonchev–Trinajstić information content (AvgIpc) is 3.41. The van der Waals surface area contributed by atoms with Crippen LogP contribution in [0.3, 0.4) is 0 Å². The van der Waals surface area contributed by atoms with Crippen LogP contribution in [-0.2, 0) is 22.6 Å². The Morgan fingerprint density at radius 2 is 1.82 bits per heavy atom. The Morgan fingerprint density at radius 1 is 1.07 bits per heavy atom. The van der Waals surface area contributed by atoms with Gasteiger partial charge in [0.15, 0.2) is 0 Å². The Labute approximate surface area is 233 Å². The van der Waals surface area contributed by atoms with Crippen molar-refractivity contribution < 1.29 is 23.6 Å². The normalized spacial score (nSPS) is 13.7. The highest BCUT2D eigenvalue weighted by molar-refractivity contribution is 5.97. The van der Waals surface area contributed by atoms with E-state index in [1.807, 2.05) is 27.8 Å². The summed E-state index contributed by atoms with van der Waals surface area (Å²) >= 11 is 0. The number of non-ortho nitro benzene ring substituents is 1. The first-order chi connectivity index (χ1) is 19.4. The molecule has 0 bridgehead atoms. The molecule has 0 N–H and O–H groups in total. The highest BCUT2D eigenvalue weighted by Crippen LogP contribution is 2.25. The first-order valence-electron chi connectivity index (χ1n) is 13.6. The predicted octanol–water partition coefficient (Wildman–Crippen LogP) is 5.03. The Bertz CT molecular complexity index is 1300. The molecule has 3 aromatic rings. The number of nitrogens with zero attached hydrogens (tertiary/aromatic N) is 4. The highest BCUT2D eigenvalue weighted by Gasteiger charge is 2.29. The van der Waals surface area contributed by atoms with Crippen LogP contribution in [0.4, 0.5) is 10.1 Å². The number of rotatable bonds is 12. The number of amides is 2. The number of halogens is 1. The molecule has 1 heterocycles. The van der Waals surface area contributed by atoms with Gasteiger partial charge in [-0.15, -0.1) is 0 Å². The van der Waals surface area contributed by atoms with Gasteiger partial charge in [-0.05, 0) is 48.7 Å². The minimum atomic E-state index is -0.548. The first-order valence-corrected chi connectivity index (χ1v) is 13.6. The van der Waals surface area contributed by atoms with Crippen molar-refractivity contribution in [1.29, 1.82) is 0 Å². The van der Waals surface area contributed by atoms with E-state index in [2.05, 4.69) is 0 Å². The lowest BCUT2D eigenvalue weighted by atomic mass is 9.94. The summed E-state index contributed by atoms with van der Waals surface area (Å²) in [6.45, 7) is 1.14. The van der Waals surface area contributed by atoms with Gasteiger partial charge >= 0.3 is 0 Å². The van der Waals surface area contributed by atoms with Crippen LogP contribution in [0.15, 0.2) is 66.9 Å². The molecule has 10 heteroatoms. The lowest BCUT2D eigenvalue weighted by Gasteiger charge is -2.36. The molecular weight excluding hydrogens is 515 g/mol. The van der Waals surface area contributed by atoms with Crippen molar-refractivity contribution in [2.24, 2.45) is 0 Å².